The Morgan fingerprint density at radius 3 is 1.67 bits per heavy atom. The van der Waals surface area contributed by atoms with Crippen LogP contribution in [0.5, 0.6) is 0 Å². The van der Waals surface area contributed by atoms with E-state index in [9.17, 15) is 4.79 Å². The minimum absolute atomic E-state index is 0.112. The molecule has 0 rings (SSSR count). The molecule has 0 aromatic heterocycles. The van der Waals surface area contributed by atoms with Crippen LogP contribution in [-0.2, 0) is 4.79 Å². The van der Waals surface area contributed by atoms with Gasteiger partial charge in [-0.3, -0.25) is 4.79 Å². The minimum atomic E-state index is -0.344. The van der Waals surface area contributed by atoms with Crippen molar-refractivity contribution in [2.45, 2.75) is 95.0 Å². The molecule has 0 aromatic carbocycles. The van der Waals surface area contributed by atoms with Crippen LogP contribution in [-0.4, -0.2) is 11.9 Å². The van der Waals surface area contributed by atoms with Crippen LogP contribution in [0.25, 0.3) is 0 Å². The molecular formula is C19H39NO. The second-order valence-electron chi connectivity index (χ2n) is 10.3. The smallest absolute Gasteiger partial charge is 0.225 e. The Balaban J connectivity index is 4.82. The molecule has 126 valence electrons. The Bertz CT molecular complexity index is 353. The van der Waals surface area contributed by atoms with Crippen molar-refractivity contribution in [3.8, 4) is 0 Å². The highest BCUT2D eigenvalue weighted by Crippen LogP contribution is 2.46. The third-order valence-corrected chi connectivity index (χ3v) is 4.82. The van der Waals surface area contributed by atoms with Gasteiger partial charge in [0.05, 0.1) is 0 Å². The predicted molar refractivity (Wildman–Crippen MR) is 93.3 cm³/mol. The molecule has 1 atom stereocenters. The predicted octanol–water partition coefficient (Wildman–Crippen LogP) is 5.42. The van der Waals surface area contributed by atoms with E-state index in [2.05, 4.69) is 81.5 Å². The molecule has 0 saturated carbocycles. The second kappa shape index (κ2) is 6.30. The minimum Gasteiger partial charge on any atom is -0.353 e. The Labute approximate surface area is 133 Å². The molecule has 0 radical (unpaired) electrons. The number of carbonyl (C=O) groups excluding carboxylic acids is 1. The van der Waals surface area contributed by atoms with Crippen LogP contribution in [0.15, 0.2) is 0 Å². The topological polar surface area (TPSA) is 29.1 Å². The highest BCUT2D eigenvalue weighted by molar-refractivity contribution is 5.82. The first kappa shape index (κ1) is 20.5. The Morgan fingerprint density at radius 2 is 1.33 bits per heavy atom. The quantitative estimate of drug-likeness (QED) is 0.721. The first-order chi connectivity index (χ1) is 8.98. The third-order valence-electron chi connectivity index (χ3n) is 4.82. The van der Waals surface area contributed by atoms with Crippen molar-refractivity contribution < 1.29 is 4.79 Å². The summed E-state index contributed by atoms with van der Waals surface area (Å²) in [6, 6.07) is 0.217. The molecule has 2 heteroatoms. The number of amides is 1. The zero-order valence-electron chi connectivity index (χ0n) is 16.4. The summed E-state index contributed by atoms with van der Waals surface area (Å²) in [6.45, 7) is 24.2. The van der Waals surface area contributed by atoms with Crippen LogP contribution in [0, 0.1) is 21.7 Å². The van der Waals surface area contributed by atoms with Crippen LogP contribution in [0.4, 0.5) is 0 Å². The summed E-state index contributed by atoms with van der Waals surface area (Å²) in [5.41, 5.74) is 0.188. The largest absolute Gasteiger partial charge is 0.353 e. The van der Waals surface area contributed by atoms with E-state index in [0.717, 1.165) is 12.8 Å². The normalized spacial score (nSPS) is 15.8. The summed E-state index contributed by atoms with van der Waals surface area (Å²) in [6.07, 6.45) is 1.88. The van der Waals surface area contributed by atoms with Crippen LogP contribution in [0.1, 0.15) is 89.0 Å². The van der Waals surface area contributed by atoms with E-state index in [0.29, 0.717) is 0 Å². The number of hydrogen-bond donors (Lipinski definition) is 1. The van der Waals surface area contributed by atoms with Crippen LogP contribution < -0.4 is 5.32 Å². The molecule has 1 N–H and O–H groups in total. The molecule has 1 unspecified atom stereocenters. The third kappa shape index (κ3) is 6.84. The maximum Gasteiger partial charge on any atom is 0.225 e. The van der Waals surface area contributed by atoms with Crippen molar-refractivity contribution in [2.24, 2.45) is 21.7 Å². The standard InChI is InChI=1S/C19H39NO/c1-14(12-16(2,3)4)20-15(21)18(8,9)13-19(10,11)17(5,6)7/h14H,12-13H2,1-11H3,(H,20,21). The molecule has 0 aliphatic heterocycles. The highest BCUT2D eigenvalue weighted by Gasteiger charge is 2.41. The van der Waals surface area contributed by atoms with Gasteiger partial charge in [-0.05, 0) is 36.0 Å². The van der Waals surface area contributed by atoms with Gasteiger partial charge in [-0.15, -0.1) is 0 Å². The van der Waals surface area contributed by atoms with Gasteiger partial charge < -0.3 is 5.32 Å². The lowest BCUT2D eigenvalue weighted by atomic mass is 9.62. The van der Waals surface area contributed by atoms with Crippen LogP contribution >= 0.6 is 0 Å². The van der Waals surface area contributed by atoms with Crippen molar-refractivity contribution in [2.75, 3.05) is 0 Å². The van der Waals surface area contributed by atoms with Crippen molar-refractivity contribution >= 4 is 5.91 Å². The fourth-order valence-electron chi connectivity index (χ4n) is 2.84. The number of hydrogen-bond acceptors (Lipinski definition) is 1. The van der Waals surface area contributed by atoms with Gasteiger partial charge in [0, 0.05) is 11.5 Å². The average Bonchev–Trinajstić information content (AvgIpc) is 2.09. The van der Waals surface area contributed by atoms with Gasteiger partial charge in [0.2, 0.25) is 5.91 Å². The highest BCUT2D eigenvalue weighted by atomic mass is 16.2. The fourth-order valence-corrected chi connectivity index (χ4v) is 2.84. The van der Waals surface area contributed by atoms with Gasteiger partial charge in [0.1, 0.15) is 0 Å². The van der Waals surface area contributed by atoms with Crippen molar-refractivity contribution in [1.82, 2.24) is 5.32 Å². The summed E-state index contributed by atoms with van der Waals surface area (Å²) in [7, 11) is 0. The zero-order chi connectivity index (χ0) is 17.3. The van der Waals surface area contributed by atoms with E-state index in [1.54, 1.807) is 0 Å². The molecule has 0 saturated heterocycles. The summed E-state index contributed by atoms with van der Waals surface area (Å²) in [4.78, 5) is 12.7. The van der Waals surface area contributed by atoms with Crippen LogP contribution in [0.3, 0.4) is 0 Å². The molecule has 0 aliphatic rings. The Hall–Kier alpha value is -0.530. The maximum absolute atomic E-state index is 12.7. The number of nitrogens with one attached hydrogen (secondary N) is 1. The average molecular weight is 298 g/mol. The lowest BCUT2D eigenvalue weighted by Crippen LogP contribution is -2.46. The monoisotopic (exact) mass is 297 g/mol. The van der Waals surface area contributed by atoms with Crippen LogP contribution in [0.2, 0.25) is 0 Å². The van der Waals surface area contributed by atoms with E-state index in [1.165, 1.54) is 0 Å². The van der Waals surface area contributed by atoms with Gasteiger partial charge in [-0.2, -0.15) is 0 Å². The van der Waals surface area contributed by atoms with Gasteiger partial charge in [0.25, 0.3) is 0 Å². The summed E-state index contributed by atoms with van der Waals surface area (Å²) >= 11 is 0. The molecule has 0 aromatic rings. The molecule has 0 heterocycles. The van der Waals surface area contributed by atoms with E-state index >= 15 is 0 Å². The number of rotatable bonds is 5. The first-order valence-electron chi connectivity index (χ1n) is 8.29. The zero-order valence-corrected chi connectivity index (χ0v) is 16.4. The number of carbonyl (C=O) groups is 1. The molecule has 21 heavy (non-hydrogen) atoms. The van der Waals surface area contributed by atoms with E-state index in [1.807, 2.05) is 0 Å². The lowest BCUT2D eigenvalue weighted by Gasteiger charge is -2.43. The van der Waals surface area contributed by atoms with Crippen molar-refractivity contribution in [1.29, 1.82) is 0 Å². The summed E-state index contributed by atoms with van der Waals surface area (Å²) < 4.78 is 0. The van der Waals surface area contributed by atoms with Gasteiger partial charge in [-0.25, -0.2) is 0 Å². The maximum atomic E-state index is 12.7. The SMILES string of the molecule is CC(CC(C)(C)C)NC(=O)C(C)(C)CC(C)(C)C(C)(C)C. The van der Waals surface area contributed by atoms with Crippen molar-refractivity contribution in [3.05, 3.63) is 0 Å². The molecular weight excluding hydrogens is 258 g/mol. The molecule has 2 nitrogen and oxygen atoms in total. The Morgan fingerprint density at radius 1 is 0.905 bits per heavy atom. The molecule has 1 amide bonds. The van der Waals surface area contributed by atoms with E-state index in [4.69, 9.17) is 0 Å². The van der Waals surface area contributed by atoms with Gasteiger partial charge in [-0.1, -0.05) is 69.2 Å². The molecule has 0 spiro atoms. The summed E-state index contributed by atoms with van der Waals surface area (Å²) in [5, 5.41) is 3.21. The van der Waals surface area contributed by atoms with Gasteiger partial charge >= 0.3 is 0 Å². The van der Waals surface area contributed by atoms with E-state index < -0.39 is 0 Å². The molecule has 0 aliphatic carbocycles. The second-order valence-corrected chi connectivity index (χ2v) is 10.3. The van der Waals surface area contributed by atoms with Crippen molar-refractivity contribution in [3.63, 3.8) is 0 Å². The molecule has 0 fully saturated rings. The Kier molecular flexibility index (Phi) is 6.14. The fraction of sp³-hybridized carbons (Fsp3) is 0.947. The van der Waals surface area contributed by atoms with E-state index in [-0.39, 0.29) is 33.6 Å². The first-order valence-corrected chi connectivity index (χ1v) is 8.29. The van der Waals surface area contributed by atoms with Gasteiger partial charge in [0.15, 0.2) is 0 Å². The lowest BCUT2D eigenvalue weighted by molar-refractivity contribution is -0.132. The summed E-state index contributed by atoms with van der Waals surface area (Å²) in [5.74, 6) is 0.177. The molecule has 0 bridgehead atoms.